The summed E-state index contributed by atoms with van der Waals surface area (Å²) in [7, 11) is -3.68. The molecule has 0 saturated heterocycles. The summed E-state index contributed by atoms with van der Waals surface area (Å²) in [4.78, 5) is 25.8. The Kier molecular flexibility index (Phi) is 11.2. The number of thiophene rings is 1. The second-order valence-electron chi connectivity index (χ2n) is 13.3. The van der Waals surface area contributed by atoms with E-state index >= 15 is 0 Å². The molecule has 2 atom stereocenters. The highest BCUT2D eigenvalue weighted by molar-refractivity contribution is 7.91. The van der Waals surface area contributed by atoms with Crippen LogP contribution in [-0.2, 0) is 29.9 Å². The molecule has 0 amide bonds. The van der Waals surface area contributed by atoms with Gasteiger partial charge in [0.05, 0.1) is 22.5 Å². The number of nitrogens with one attached hydrogen (secondary N) is 1. The monoisotopic (exact) mass is 708 g/mol. The summed E-state index contributed by atoms with van der Waals surface area (Å²) in [6.07, 6.45) is 1.56. The fraction of sp³-hybridized carbons (Fsp3) is 0.471. The minimum Gasteiger partial charge on any atom is -0.479 e. The number of hydrogen-bond acceptors (Lipinski definition) is 10. The second-order valence-corrected chi connectivity index (χ2v) is 16.9. The van der Waals surface area contributed by atoms with Crippen LogP contribution in [0.15, 0.2) is 42.5 Å². The molecule has 2 aromatic carbocycles. The molecule has 13 heteroatoms. The van der Waals surface area contributed by atoms with Gasteiger partial charge in [-0.2, -0.15) is 0 Å². The van der Waals surface area contributed by atoms with Crippen LogP contribution in [0.25, 0.3) is 10.4 Å². The SMILES string of the molecule is CCOC(=O)COc1c(C(=O)OC(C)(C)C)sc(-c2cccc(N[C@H]3CCC(S(=O)(=O)Cc4cc(N)ccc4F)C(C)(C)C3)c2)c1Cl. The maximum absolute atomic E-state index is 14.4. The Morgan fingerprint density at radius 2 is 1.87 bits per heavy atom. The zero-order chi connectivity index (χ0) is 34.7. The number of ether oxygens (including phenoxy) is 3. The minimum atomic E-state index is -3.68. The molecular formula is C34H42ClFN2O7S2. The van der Waals surface area contributed by atoms with Crippen LogP contribution < -0.4 is 15.8 Å². The first-order valence-electron chi connectivity index (χ1n) is 15.4. The number of carbonyl (C=O) groups is 2. The Balaban J connectivity index is 1.54. The van der Waals surface area contributed by atoms with Crippen molar-refractivity contribution in [1.82, 2.24) is 0 Å². The van der Waals surface area contributed by atoms with E-state index < -0.39 is 56.2 Å². The fourth-order valence-corrected chi connectivity index (χ4v) is 9.77. The molecule has 0 spiro atoms. The molecule has 9 nitrogen and oxygen atoms in total. The van der Waals surface area contributed by atoms with Crippen LogP contribution in [0.2, 0.25) is 5.02 Å². The van der Waals surface area contributed by atoms with Gasteiger partial charge >= 0.3 is 11.9 Å². The van der Waals surface area contributed by atoms with Gasteiger partial charge in [0.15, 0.2) is 27.1 Å². The maximum atomic E-state index is 14.4. The van der Waals surface area contributed by atoms with Crippen LogP contribution in [0.4, 0.5) is 15.8 Å². The van der Waals surface area contributed by atoms with Crippen LogP contribution in [0.3, 0.4) is 0 Å². The Morgan fingerprint density at radius 1 is 1.15 bits per heavy atom. The van der Waals surface area contributed by atoms with E-state index in [9.17, 15) is 22.4 Å². The highest BCUT2D eigenvalue weighted by Crippen LogP contribution is 2.47. The summed E-state index contributed by atoms with van der Waals surface area (Å²) in [6, 6.07) is 11.4. The standard InChI is InChI=1S/C34H42ClFN2O7S2/c1-7-43-27(39)18-44-29-28(35)30(46-31(29)32(40)45-33(2,3)4)20-9-8-10-23(16-20)38-24-12-14-26(34(5,6)17-24)47(41,42)19-21-15-22(37)11-13-25(21)36/h8-11,13,15-16,24,26,38H,7,12,14,17-19,37H2,1-6H3/t24-,26?/m0/s1. The molecular weight excluding hydrogens is 667 g/mol. The van der Waals surface area contributed by atoms with Gasteiger partial charge < -0.3 is 25.3 Å². The van der Waals surface area contributed by atoms with Crippen molar-refractivity contribution in [2.75, 3.05) is 24.3 Å². The van der Waals surface area contributed by atoms with E-state index in [0.717, 1.165) is 17.0 Å². The predicted octanol–water partition coefficient (Wildman–Crippen LogP) is 7.66. The van der Waals surface area contributed by atoms with Crippen molar-refractivity contribution in [2.45, 2.75) is 83.5 Å². The lowest BCUT2D eigenvalue weighted by Crippen LogP contribution is -2.45. The highest BCUT2D eigenvalue weighted by Gasteiger charge is 2.44. The van der Waals surface area contributed by atoms with Gasteiger partial charge in [-0.25, -0.2) is 22.4 Å². The number of nitrogen functional groups attached to an aromatic ring is 1. The zero-order valence-corrected chi connectivity index (χ0v) is 29.8. The number of esters is 2. The zero-order valence-electron chi connectivity index (χ0n) is 27.4. The third-order valence-corrected chi connectivity index (χ3v) is 11.9. The second kappa shape index (κ2) is 14.4. The van der Waals surface area contributed by atoms with Crippen LogP contribution in [-0.4, -0.2) is 50.5 Å². The molecule has 256 valence electrons. The minimum absolute atomic E-state index is 0.0320. The van der Waals surface area contributed by atoms with Gasteiger partial charge in [-0.1, -0.05) is 37.6 Å². The first-order chi connectivity index (χ1) is 21.9. The average Bonchev–Trinajstić information content (AvgIpc) is 3.28. The summed E-state index contributed by atoms with van der Waals surface area (Å²) in [5.74, 6) is -2.17. The summed E-state index contributed by atoms with van der Waals surface area (Å²) < 4.78 is 57.6. The van der Waals surface area contributed by atoms with Crippen molar-refractivity contribution >= 4 is 56.1 Å². The number of anilines is 2. The van der Waals surface area contributed by atoms with E-state index in [2.05, 4.69) is 5.32 Å². The largest absolute Gasteiger partial charge is 0.479 e. The van der Waals surface area contributed by atoms with Gasteiger partial charge in [0.1, 0.15) is 16.4 Å². The fourth-order valence-electron chi connectivity index (χ4n) is 5.91. The van der Waals surface area contributed by atoms with E-state index in [1.165, 1.54) is 18.2 Å². The number of rotatable bonds is 11. The van der Waals surface area contributed by atoms with Gasteiger partial charge in [-0.15, -0.1) is 11.3 Å². The summed E-state index contributed by atoms with van der Waals surface area (Å²) in [5, 5.41) is 3.06. The van der Waals surface area contributed by atoms with Gasteiger partial charge in [0, 0.05) is 23.0 Å². The first kappa shape index (κ1) is 36.5. The lowest BCUT2D eigenvalue weighted by atomic mass is 9.74. The lowest BCUT2D eigenvalue weighted by molar-refractivity contribution is -0.145. The Hall–Kier alpha value is -3.35. The Bertz CT molecular complexity index is 1730. The molecule has 4 rings (SSSR count). The van der Waals surface area contributed by atoms with Crippen molar-refractivity contribution in [1.29, 1.82) is 0 Å². The number of benzene rings is 2. The predicted molar refractivity (Wildman–Crippen MR) is 184 cm³/mol. The van der Waals surface area contributed by atoms with E-state index in [0.29, 0.717) is 35.4 Å². The van der Waals surface area contributed by atoms with E-state index in [-0.39, 0.29) is 33.9 Å². The van der Waals surface area contributed by atoms with Crippen LogP contribution in [0.5, 0.6) is 5.75 Å². The molecule has 0 aliphatic heterocycles. The quantitative estimate of drug-likeness (QED) is 0.152. The van der Waals surface area contributed by atoms with Crippen molar-refractivity contribution in [2.24, 2.45) is 5.41 Å². The van der Waals surface area contributed by atoms with Gasteiger partial charge in [0.25, 0.3) is 0 Å². The van der Waals surface area contributed by atoms with Crippen molar-refractivity contribution in [3.8, 4) is 16.2 Å². The number of nitrogens with two attached hydrogens (primary N) is 1. The molecule has 3 N–H and O–H groups in total. The van der Waals surface area contributed by atoms with Crippen molar-refractivity contribution in [3.63, 3.8) is 0 Å². The molecule has 1 aliphatic rings. The molecule has 1 fully saturated rings. The van der Waals surface area contributed by atoms with Crippen LogP contribution in [0.1, 0.15) is 76.0 Å². The summed E-state index contributed by atoms with van der Waals surface area (Å²) in [6.45, 7) is 10.5. The molecule has 0 radical (unpaired) electrons. The summed E-state index contributed by atoms with van der Waals surface area (Å²) in [5.41, 5.74) is 6.31. The molecule has 1 heterocycles. The molecule has 1 saturated carbocycles. The molecule has 1 aromatic heterocycles. The van der Waals surface area contributed by atoms with E-state index in [1.807, 2.05) is 38.1 Å². The smallest absolute Gasteiger partial charge is 0.352 e. The summed E-state index contributed by atoms with van der Waals surface area (Å²) >= 11 is 7.87. The van der Waals surface area contributed by atoms with Crippen molar-refractivity contribution < 1.29 is 36.6 Å². The molecule has 0 bridgehead atoms. The Morgan fingerprint density at radius 3 is 2.53 bits per heavy atom. The number of carbonyl (C=O) groups excluding carboxylic acids is 2. The third-order valence-electron chi connectivity index (χ3n) is 7.81. The highest BCUT2D eigenvalue weighted by atomic mass is 35.5. The third kappa shape index (κ3) is 9.17. The van der Waals surface area contributed by atoms with E-state index in [4.69, 9.17) is 31.5 Å². The Labute approximate surface area is 284 Å². The molecule has 1 unspecified atom stereocenters. The average molecular weight is 709 g/mol. The molecule has 47 heavy (non-hydrogen) atoms. The molecule has 1 aliphatic carbocycles. The number of halogens is 2. The van der Waals surface area contributed by atoms with Gasteiger partial charge in [-0.3, -0.25) is 0 Å². The van der Waals surface area contributed by atoms with Gasteiger partial charge in [-0.05, 0) is 88.3 Å². The van der Waals surface area contributed by atoms with E-state index in [1.54, 1.807) is 27.7 Å². The van der Waals surface area contributed by atoms with Gasteiger partial charge in [0.2, 0.25) is 0 Å². The number of hydrogen-bond donors (Lipinski definition) is 2. The van der Waals surface area contributed by atoms with Crippen molar-refractivity contribution in [3.05, 3.63) is 63.7 Å². The van der Waals surface area contributed by atoms with Crippen LogP contribution >= 0.6 is 22.9 Å². The normalized spacial score (nSPS) is 18.0. The first-order valence-corrected chi connectivity index (χ1v) is 18.3. The van der Waals surface area contributed by atoms with Crippen LogP contribution in [0, 0.1) is 11.2 Å². The topological polar surface area (TPSA) is 134 Å². The number of sulfone groups is 1. The lowest BCUT2D eigenvalue weighted by Gasteiger charge is -2.42. The molecule has 3 aromatic rings. The maximum Gasteiger partial charge on any atom is 0.352 e.